The fourth-order valence-corrected chi connectivity index (χ4v) is 3.06. The van der Waals surface area contributed by atoms with E-state index in [1.807, 2.05) is 12.1 Å². The van der Waals surface area contributed by atoms with E-state index >= 15 is 0 Å². The second-order valence-corrected chi connectivity index (χ2v) is 6.66. The molecule has 0 bridgehead atoms. The summed E-state index contributed by atoms with van der Waals surface area (Å²) in [7, 11) is 0. The molecule has 1 saturated heterocycles. The summed E-state index contributed by atoms with van der Waals surface area (Å²) in [6, 6.07) is 6.01. The van der Waals surface area contributed by atoms with Gasteiger partial charge in [-0.05, 0) is 29.4 Å². The number of hydrogen-bond acceptors (Lipinski definition) is 2. The third kappa shape index (κ3) is 2.65. The van der Waals surface area contributed by atoms with Crippen molar-refractivity contribution in [3.8, 4) is 0 Å². The Morgan fingerprint density at radius 3 is 2.67 bits per heavy atom. The van der Waals surface area contributed by atoms with Crippen molar-refractivity contribution in [2.24, 2.45) is 17.1 Å². The number of halogens is 1. The fourth-order valence-electron chi connectivity index (χ4n) is 2.75. The first kappa shape index (κ1) is 13.7. The van der Waals surface area contributed by atoms with Crippen LogP contribution in [0.15, 0.2) is 18.2 Å². The lowest BCUT2D eigenvalue weighted by molar-refractivity contribution is 0.263. The molecule has 100 valence electrons. The van der Waals surface area contributed by atoms with E-state index in [-0.39, 0.29) is 0 Å². The first-order chi connectivity index (χ1) is 8.43. The number of benzene rings is 1. The molecule has 1 fully saturated rings. The molecular formula is C15H23ClN2. The zero-order valence-corrected chi connectivity index (χ0v) is 12.3. The van der Waals surface area contributed by atoms with E-state index in [4.69, 9.17) is 17.3 Å². The van der Waals surface area contributed by atoms with Crippen LogP contribution in [0, 0.1) is 11.3 Å². The molecule has 1 aromatic carbocycles. The lowest BCUT2D eigenvalue weighted by Gasteiger charge is -2.28. The van der Waals surface area contributed by atoms with Gasteiger partial charge in [-0.1, -0.05) is 44.5 Å². The minimum atomic E-state index is 0.360. The molecule has 3 heteroatoms. The van der Waals surface area contributed by atoms with E-state index in [1.165, 1.54) is 6.42 Å². The molecule has 2 rings (SSSR count). The monoisotopic (exact) mass is 266 g/mol. The Morgan fingerprint density at radius 1 is 1.39 bits per heavy atom. The molecule has 1 atom stereocenters. The first-order valence-corrected chi connectivity index (χ1v) is 7.03. The van der Waals surface area contributed by atoms with Crippen molar-refractivity contribution in [3.63, 3.8) is 0 Å². The third-order valence-corrected chi connectivity index (χ3v) is 4.32. The van der Waals surface area contributed by atoms with Gasteiger partial charge in [0.2, 0.25) is 0 Å². The van der Waals surface area contributed by atoms with E-state index in [1.54, 1.807) is 0 Å². The lowest BCUT2D eigenvalue weighted by Crippen LogP contribution is -2.26. The van der Waals surface area contributed by atoms with E-state index < -0.39 is 0 Å². The van der Waals surface area contributed by atoms with Crippen LogP contribution >= 0.6 is 11.6 Å². The van der Waals surface area contributed by atoms with Gasteiger partial charge in [-0.2, -0.15) is 0 Å². The minimum Gasteiger partial charge on any atom is -0.370 e. The zero-order chi connectivity index (χ0) is 13.3. The number of anilines is 1. The Bertz CT molecular complexity index is 423. The second-order valence-electron chi connectivity index (χ2n) is 6.25. The number of hydrogen-bond donors (Lipinski definition) is 1. The van der Waals surface area contributed by atoms with Crippen LogP contribution in [0.3, 0.4) is 0 Å². The number of para-hydroxylation sites is 1. The summed E-state index contributed by atoms with van der Waals surface area (Å²) >= 11 is 6.35. The molecule has 2 N–H and O–H groups in total. The maximum Gasteiger partial charge on any atom is 0.0642 e. The molecular weight excluding hydrogens is 244 g/mol. The third-order valence-electron chi connectivity index (χ3n) is 4.02. The van der Waals surface area contributed by atoms with Crippen LogP contribution in [0.5, 0.6) is 0 Å². The van der Waals surface area contributed by atoms with Crippen LogP contribution in [0.1, 0.15) is 32.8 Å². The number of rotatable bonds is 2. The van der Waals surface area contributed by atoms with Crippen molar-refractivity contribution < 1.29 is 0 Å². The fraction of sp³-hybridized carbons (Fsp3) is 0.600. The van der Waals surface area contributed by atoms with Crippen molar-refractivity contribution in [2.45, 2.75) is 33.7 Å². The van der Waals surface area contributed by atoms with Crippen LogP contribution < -0.4 is 10.6 Å². The Kier molecular flexibility index (Phi) is 3.88. The summed E-state index contributed by atoms with van der Waals surface area (Å²) in [4.78, 5) is 2.40. The van der Waals surface area contributed by atoms with E-state index in [9.17, 15) is 0 Å². The Morgan fingerprint density at radius 2 is 2.11 bits per heavy atom. The molecule has 0 radical (unpaired) electrons. The van der Waals surface area contributed by atoms with Gasteiger partial charge in [0.1, 0.15) is 0 Å². The predicted molar refractivity (Wildman–Crippen MR) is 79.1 cm³/mol. The summed E-state index contributed by atoms with van der Waals surface area (Å²) in [6.07, 6.45) is 1.23. The number of nitrogens with two attached hydrogens (primary N) is 1. The molecule has 2 nitrogen and oxygen atoms in total. The highest BCUT2D eigenvalue weighted by Crippen LogP contribution is 2.39. The highest BCUT2D eigenvalue weighted by atomic mass is 35.5. The number of nitrogens with zero attached hydrogens (tertiary/aromatic N) is 1. The normalized spacial score (nSPS) is 20.5. The van der Waals surface area contributed by atoms with Gasteiger partial charge in [0, 0.05) is 19.6 Å². The molecule has 1 heterocycles. The van der Waals surface area contributed by atoms with Gasteiger partial charge in [0.05, 0.1) is 10.7 Å². The van der Waals surface area contributed by atoms with Gasteiger partial charge >= 0.3 is 0 Å². The Labute approximate surface area is 115 Å². The molecule has 18 heavy (non-hydrogen) atoms. The standard InChI is InChI=1S/C15H23ClN2/c1-15(2,3)12-7-8-18(10-12)14-11(9-17)5-4-6-13(14)16/h4-6,12H,7-10,17H2,1-3H3. The maximum absolute atomic E-state index is 6.35. The highest BCUT2D eigenvalue weighted by Gasteiger charge is 2.33. The van der Waals surface area contributed by atoms with Crippen LogP contribution in [0.25, 0.3) is 0 Å². The van der Waals surface area contributed by atoms with E-state index in [0.29, 0.717) is 12.0 Å². The van der Waals surface area contributed by atoms with Gasteiger partial charge in [-0.15, -0.1) is 0 Å². The van der Waals surface area contributed by atoms with Crippen LogP contribution in [0.4, 0.5) is 5.69 Å². The van der Waals surface area contributed by atoms with Crippen molar-refractivity contribution in [3.05, 3.63) is 28.8 Å². The molecule has 1 aliphatic rings. The molecule has 0 aromatic heterocycles. The Balaban J connectivity index is 2.24. The van der Waals surface area contributed by atoms with Crippen LogP contribution in [-0.4, -0.2) is 13.1 Å². The van der Waals surface area contributed by atoms with Crippen molar-refractivity contribution in [1.82, 2.24) is 0 Å². The Hall–Kier alpha value is -0.730. The van der Waals surface area contributed by atoms with Gasteiger partial charge < -0.3 is 10.6 Å². The highest BCUT2D eigenvalue weighted by molar-refractivity contribution is 6.33. The molecule has 0 spiro atoms. The summed E-state index contributed by atoms with van der Waals surface area (Å²) in [5, 5.41) is 0.826. The molecule has 0 amide bonds. The van der Waals surface area contributed by atoms with E-state index in [2.05, 4.69) is 31.7 Å². The average Bonchev–Trinajstić information content (AvgIpc) is 2.77. The van der Waals surface area contributed by atoms with Gasteiger partial charge in [-0.3, -0.25) is 0 Å². The maximum atomic E-state index is 6.35. The van der Waals surface area contributed by atoms with Crippen molar-refractivity contribution in [1.29, 1.82) is 0 Å². The van der Waals surface area contributed by atoms with Crippen LogP contribution in [0.2, 0.25) is 5.02 Å². The average molecular weight is 267 g/mol. The van der Waals surface area contributed by atoms with E-state index in [0.717, 1.165) is 35.3 Å². The SMILES string of the molecule is CC(C)(C)C1CCN(c2c(Cl)cccc2CN)C1. The minimum absolute atomic E-state index is 0.360. The topological polar surface area (TPSA) is 29.3 Å². The zero-order valence-electron chi connectivity index (χ0n) is 11.5. The molecule has 0 saturated carbocycles. The largest absolute Gasteiger partial charge is 0.370 e. The quantitative estimate of drug-likeness (QED) is 0.885. The summed E-state index contributed by atoms with van der Waals surface area (Å²) in [5.74, 6) is 0.722. The molecule has 1 aliphatic heterocycles. The van der Waals surface area contributed by atoms with Gasteiger partial charge in [0.25, 0.3) is 0 Å². The predicted octanol–water partition coefficient (Wildman–Crippen LogP) is 3.67. The summed E-state index contributed by atoms with van der Waals surface area (Å²) < 4.78 is 0. The van der Waals surface area contributed by atoms with Crippen LogP contribution in [-0.2, 0) is 6.54 Å². The summed E-state index contributed by atoms with van der Waals surface area (Å²) in [6.45, 7) is 9.66. The van der Waals surface area contributed by atoms with Crippen molar-refractivity contribution in [2.75, 3.05) is 18.0 Å². The molecule has 1 aromatic rings. The smallest absolute Gasteiger partial charge is 0.0642 e. The van der Waals surface area contributed by atoms with Crippen molar-refractivity contribution >= 4 is 17.3 Å². The molecule has 0 aliphatic carbocycles. The first-order valence-electron chi connectivity index (χ1n) is 6.66. The van der Waals surface area contributed by atoms with Gasteiger partial charge in [-0.25, -0.2) is 0 Å². The summed E-state index contributed by atoms with van der Waals surface area (Å²) in [5.41, 5.74) is 8.48. The second kappa shape index (κ2) is 5.10. The van der Waals surface area contributed by atoms with Gasteiger partial charge in [0.15, 0.2) is 0 Å². The molecule has 1 unspecified atom stereocenters. The lowest BCUT2D eigenvalue weighted by atomic mass is 9.80.